The minimum atomic E-state index is 0.777. The van der Waals surface area contributed by atoms with E-state index in [-0.39, 0.29) is 0 Å². The topological polar surface area (TPSA) is 50.7 Å². The summed E-state index contributed by atoms with van der Waals surface area (Å²) < 4.78 is 0. The first-order valence-electron chi connectivity index (χ1n) is 5.63. The summed E-state index contributed by atoms with van der Waals surface area (Å²) in [5.74, 6) is 1.69. The number of nitrogens with zero attached hydrogens (tertiary/aromatic N) is 3. The Morgan fingerprint density at radius 2 is 2.19 bits per heavy atom. The van der Waals surface area contributed by atoms with Gasteiger partial charge in [-0.25, -0.2) is 9.97 Å². The molecule has 84 valence electrons. The fourth-order valence-corrected chi connectivity index (χ4v) is 1.62. The standard InChI is InChI=1S/C12H16N4/c1-3-4-6-14-12-10-5-7-13-8-11(10)15-9(2)16-12/h5,7-8H,3-4,6H2,1-2H3,(H,14,15,16). The Morgan fingerprint density at radius 3 is 3.00 bits per heavy atom. The molecular formula is C12H16N4. The maximum atomic E-state index is 4.42. The molecule has 1 N–H and O–H groups in total. The summed E-state index contributed by atoms with van der Waals surface area (Å²) in [5, 5.41) is 4.39. The van der Waals surface area contributed by atoms with Crippen LogP contribution in [0.4, 0.5) is 5.82 Å². The minimum Gasteiger partial charge on any atom is -0.369 e. The lowest BCUT2D eigenvalue weighted by molar-refractivity contribution is 0.830. The van der Waals surface area contributed by atoms with E-state index in [0.717, 1.165) is 35.5 Å². The lowest BCUT2D eigenvalue weighted by Crippen LogP contribution is -2.05. The molecule has 0 aliphatic rings. The lowest BCUT2D eigenvalue weighted by Gasteiger charge is -2.08. The number of anilines is 1. The molecule has 0 spiro atoms. The minimum absolute atomic E-state index is 0.777. The van der Waals surface area contributed by atoms with Crippen LogP contribution in [0.3, 0.4) is 0 Å². The van der Waals surface area contributed by atoms with Crippen LogP contribution < -0.4 is 5.32 Å². The SMILES string of the molecule is CCCCNc1nc(C)nc2cnccc12. The molecule has 2 aromatic heterocycles. The van der Waals surface area contributed by atoms with Crippen LogP contribution >= 0.6 is 0 Å². The second kappa shape index (κ2) is 4.88. The molecule has 0 saturated heterocycles. The average molecular weight is 216 g/mol. The van der Waals surface area contributed by atoms with E-state index in [0.29, 0.717) is 0 Å². The summed E-state index contributed by atoms with van der Waals surface area (Å²) in [6.45, 7) is 5.02. The first-order valence-corrected chi connectivity index (χ1v) is 5.63. The maximum absolute atomic E-state index is 4.42. The van der Waals surface area contributed by atoms with Gasteiger partial charge in [0.15, 0.2) is 0 Å². The van der Waals surface area contributed by atoms with Gasteiger partial charge in [-0.05, 0) is 19.4 Å². The van der Waals surface area contributed by atoms with E-state index in [1.54, 1.807) is 12.4 Å². The third-order valence-electron chi connectivity index (χ3n) is 2.43. The van der Waals surface area contributed by atoms with Gasteiger partial charge in [0, 0.05) is 18.1 Å². The van der Waals surface area contributed by atoms with Crippen molar-refractivity contribution in [1.29, 1.82) is 0 Å². The van der Waals surface area contributed by atoms with Crippen molar-refractivity contribution in [2.24, 2.45) is 0 Å². The van der Waals surface area contributed by atoms with E-state index >= 15 is 0 Å². The number of hydrogen-bond donors (Lipinski definition) is 1. The number of nitrogens with one attached hydrogen (secondary N) is 1. The Bertz CT molecular complexity index is 481. The average Bonchev–Trinajstić information content (AvgIpc) is 2.29. The Kier molecular flexibility index (Phi) is 3.29. The zero-order valence-electron chi connectivity index (χ0n) is 9.70. The molecule has 2 rings (SSSR count). The van der Waals surface area contributed by atoms with E-state index in [2.05, 4.69) is 27.2 Å². The van der Waals surface area contributed by atoms with Gasteiger partial charge in [0.1, 0.15) is 11.6 Å². The molecule has 0 saturated carbocycles. The highest BCUT2D eigenvalue weighted by Crippen LogP contribution is 2.18. The van der Waals surface area contributed by atoms with Crippen LogP contribution in [-0.2, 0) is 0 Å². The second-order valence-electron chi connectivity index (χ2n) is 3.79. The molecule has 0 bridgehead atoms. The van der Waals surface area contributed by atoms with Crippen molar-refractivity contribution in [3.8, 4) is 0 Å². The van der Waals surface area contributed by atoms with Crippen LogP contribution in [0.25, 0.3) is 10.9 Å². The molecule has 0 atom stereocenters. The van der Waals surface area contributed by atoms with Crippen molar-refractivity contribution in [1.82, 2.24) is 15.0 Å². The van der Waals surface area contributed by atoms with Crippen LogP contribution in [0, 0.1) is 6.92 Å². The van der Waals surface area contributed by atoms with Crippen LogP contribution in [0.1, 0.15) is 25.6 Å². The molecule has 0 aliphatic carbocycles. The molecule has 4 heteroatoms. The Labute approximate surface area is 95.1 Å². The number of rotatable bonds is 4. The van der Waals surface area contributed by atoms with Crippen molar-refractivity contribution >= 4 is 16.7 Å². The molecule has 0 unspecified atom stereocenters. The van der Waals surface area contributed by atoms with Gasteiger partial charge in [-0.2, -0.15) is 0 Å². The van der Waals surface area contributed by atoms with Crippen LogP contribution in [-0.4, -0.2) is 21.5 Å². The predicted molar refractivity (Wildman–Crippen MR) is 65.5 cm³/mol. The second-order valence-corrected chi connectivity index (χ2v) is 3.79. The van der Waals surface area contributed by atoms with E-state index in [4.69, 9.17) is 0 Å². The fourth-order valence-electron chi connectivity index (χ4n) is 1.62. The summed E-state index contributed by atoms with van der Waals surface area (Å²) in [5.41, 5.74) is 0.897. The zero-order chi connectivity index (χ0) is 11.4. The zero-order valence-corrected chi connectivity index (χ0v) is 9.70. The monoisotopic (exact) mass is 216 g/mol. The van der Waals surface area contributed by atoms with Crippen LogP contribution in [0.15, 0.2) is 18.5 Å². The maximum Gasteiger partial charge on any atom is 0.137 e. The number of unbranched alkanes of at least 4 members (excludes halogenated alkanes) is 1. The smallest absolute Gasteiger partial charge is 0.137 e. The van der Waals surface area contributed by atoms with Crippen molar-refractivity contribution in [2.75, 3.05) is 11.9 Å². The summed E-state index contributed by atoms with van der Waals surface area (Å²) >= 11 is 0. The molecule has 16 heavy (non-hydrogen) atoms. The van der Waals surface area contributed by atoms with Crippen LogP contribution in [0.2, 0.25) is 0 Å². The summed E-state index contributed by atoms with van der Waals surface area (Å²) in [6, 6.07) is 1.95. The molecular weight excluding hydrogens is 200 g/mol. The van der Waals surface area contributed by atoms with E-state index < -0.39 is 0 Å². The van der Waals surface area contributed by atoms with Crippen LogP contribution in [0.5, 0.6) is 0 Å². The van der Waals surface area contributed by atoms with Gasteiger partial charge in [-0.3, -0.25) is 4.98 Å². The molecule has 0 aliphatic heterocycles. The molecule has 2 aromatic rings. The summed E-state index contributed by atoms with van der Waals surface area (Å²) in [4.78, 5) is 12.8. The Hall–Kier alpha value is -1.71. The third kappa shape index (κ3) is 2.27. The van der Waals surface area contributed by atoms with Gasteiger partial charge < -0.3 is 5.32 Å². The fraction of sp³-hybridized carbons (Fsp3) is 0.417. The normalized spacial score (nSPS) is 10.6. The summed E-state index contributed by atoms with van der Waals surface area (Å²) in [6.07, 6.45) is 5.87. The molecule has 0 fully saturated rings. The highest BCUT2D eigenvalue weighted by atomic mass is 15.0. The number of aromatic nitrogens is 3. The van der Waals surface area contributed by atoms with Crippen molar-refractivity contribution < 1.29 is 0 Å². The quantitative estimate of drug-likeness (QED) is 0.798. The van der Waals surface area contributed by atoms with E-state index in [1.807, 2.05) is 13.0 Å². The molecule has 4 nitrogen and oxygen atoms in total. The third-order valence-corrected chi connectivity index (χ3v) is 2.43. The van der Waals surface area contributed by atoms with E-state index in [9.17, 15) is 0 Å². The van der Waals surface area contributed by atoms with Gasteiger partial charge in [-0.1, -0.05) is 13.3 Å². The van der Waals surface area contributed by atoms with Gasteiger partial charge in [-0.15, -0.1) is 0 Å². The number of hydrogen-bond acceptors (Lipinski definition) is 4. The van der Waals surface area contributed by atoms with E-state index in [1.165, 1.54) is 6.42 Å². The Balaban J connectivity index is 2.34. The number of aryl methyl sites for hydroxylation is 1. The van der Waals surface area contributed by atoms with Gasteiger partial charge in [0.25, 0.3) is 0 Å². The van der Waals surface area contributed by atoms with Gasteiger partial charge in [0.2, 0.25) is 0 Å². The lowest BCUT2D eigenvalue weighted by atomic mass is 10.2. The molecule has 0 amide bonds. The van der Waals surface area contributed by atoms with Crippen molar-refractivity contribution in [3.05, 3.63) is 24.3 Å². The first-order chi connectivity index (χ1) is 7.81. The largest absolute Gasteiger partial charge is 0.369 e. The number of fused-ring (bicyclic) bond motifs is 1. The highest BCUT2D eigenvalue weighted by Gasteiger charge is 2.04. The molecule has 0 radical (unpaired) electrons. The van der Waals surface area contributed by atoms with Crippen molar-refractivity contribution in [3.63, 3.8) is 0 Å². The first kappa shape index (κ1) is 10.8. The number of pyridine rings is 1. The van der Waals surface area contributed by atoms with Crippen molar-refractivity contribution in [2.45, 2.75) is 26.7 Å². The van der Waals surface area contributed by atoms with Gasteiger partial charge >= 0.3 is 0 Å². The Morgan fingerprint density at radius 1 is 1.31 bits per heavy atom. The predicted octanol–water partition coefficient (Wildman–Crippen LogP) is 2.55. The summed E-state index contributed by atoms with van der Waals surface area (Å²) in [7, 11) is 0. The highest BCUT2D eigenvalue weighted by molar-refractivity contribution is 5.88. The molecule has 0 aromatic carbocycles. The molecule has 2 heterocycles. The van der Waals surface area contributed by atoms with Gasteiger partial charge in [0.05, 0.1) is 11.7 Å².